The molecule has 0 aliphatic carbocycles. The summed E-state index contributed by atoms with van der Waals surface area (Å²) in [6, 6.07) is 11.7. The van der Waals surface area contributed by atoms with E-state index >= 15 is 0 Å². The molecule has 0 bridgehead atoms. The van der Waals surface area contributed by atoms with E-state index in [0.29, 0.717) is 22.7 Å². The van der Waals surface area contributed by atoms with Gasteiger partial charge in [0.1, 0.15) is 5.82 Å². The Morgan fingerprint density at radius 2 is 2.09 bits per heavy atom. The first-order chi connectivity index (χ1) is 11.1. The minimum atomic E-state index is -0.364. The second kappa shape index (κ2) is 6.71. The molecular formula is C17H15ClFN3O. The standard InChI is InChI=1S/C17H15ClFN3O/c18-14-2-1-3-15(19)13(14)7-9-21-17(23)22-12-5-4-11-6-8-20-16(11)10-12/h1-6,8,10,20H,7,9H2,(H2,21,22,23). The summed E-state index contributed by atoms with van der Waals surface area (Å²) in [4.78, 5) is 15.0. The third-order valence-corrected chi connectivity index (χ3v) is 3.89. The molecule has 0 unspecified atom stereocenters. The maximum Gasteiger partial charge on any atom is 0.319 e. The smallest absolute Gasteiger partial charge is 0.319 e. The molecule has 2 aromatic carbocycles. The zero-order valence-corrected chi connectivity index (χ0v) is 13.0. The van der Waals surface area contributed by atoms with Crippen LogP contribution in [0.1, 0.15) is 5.56 Å². The number of rotatable bonds is 4. The number of carbonyl (C=O) groups is 1. The van der Waals surface area contributed by atoms with Crippen LogP contribution < -0.4 is 10.6 Å². The van der Waals surface area contributed by atoms with E-state index in [1.807, 2.05) is 30.5 Å². The Morgan fingerprint density at radius 3 is 2.91 bits per heavy atom. The number of hydrogen-bond acceptors (Lipinski definition) is 1. The number of benzene rings is 2. The summed E-state index contributed by atoms with van der Waals surface area (Å²) >= 11 is 5.95. The summed E-state index contributed by atoms with van der Waals surface area (Å²) in [7, 11) is 0. The quantitative estimate of drug-likeness (QED) is 0.655. The first-order valence-corrected chi connectivity index (χ1v) is 7.56. The number of aromatic amines is 1. The van der Waals surface area contributed by atoms with Gasteiger partial charge in [0.2, 0.25) is 0 Å². The van der Waals surface area contributed by atoms with Crippen molar-refractivity contribution in [1.29, 1.82) is 0 Å². The van der Waals surface area contributed by atoms with Crippen molar-refractivity contribution >= 4 is 34.2 Å². The lowest BCUT2D eigenvalue weighted by Crippen LogP contribution is -2.30. The summed E-state index contributed by atoms with van der Waals surface area (Å²) < 4.78 is 13.6. The first-order valence-electron chi connectivity index (χ1n) is 7.18. The summed E-state index contributed by atoms with van der Waals surface area (Å²) in [5, 5.41) is 6.87. The van der Waals surface area contributed by atoms with E-state index in [2.05, 4.69) is 15.6 Å². The molecule has 0 aliphatic rings. The zero-order valence-electron chi connectivity index (χ0n) is 12.2. The molecule has 4 nitrogen and oxygen atoms in total. The van der Waals surface area contributed by atoms with Crippen LogP contribution in [0.3, 0.4) is 0 Å². The Hall–Kier alpha value is -2.53. The molecule has 6 heteroatoms. The van der Waals surface area contributed by atoms with E-state index in [-0.39, 0.29) is 18.4 Å². The lowest BCUT2D eigenvalue weighted by atomic mass is 10.1. The molecule has 2 amide bonds. The van der Waals surface area contributed by atoms with Crippen LogP contribution in [0.15, 0.2) is 48.7 Å². The predicted octanol–water partition coefficient (Wildman–Crippen LogP) is 4.32. The minimum absolute atomic E-state index is 0.289. The van der Waals surface area contributed by atoms with Crippen LogP contribution in [-0.2, 0) is 6.42 Å². The number of anilines is 1. The second-order valence-corrected chi connectivity index (χ2v) is 5.52. The molecule has 3 rings (SSSR count). The number of fused-ring (bicyclic) bond motifs is 1. The molecule has 0 radical (unpaired) electrons. The molecule has 23 heavy (non-hydrogen) atoms. The van der Waals surface area contributed by atoms with Gasteiger partial charge in [-0.25, -0.2) is 9.18 Å². The zero-order chi connectivity index (χ0) is 16.2. The molecule has 1 heterocycles. The van der Waals surface area contributed by atoms with E-state index in [0.717, 1.165) is 10.9 Å². The maximum atomic E-state index is 13.6. The fraction of sp³-hybridized carbons (Fsp3) is 0.118. The summed E-state index contributed by atoms with van der Waals surface area (Å²) in [5.41, 5.74) is 2.03. The second-order valence-electron chi connectivity index (χ2n) is 5.11. The molecule has 0 spiro atoms. The number of carbonyl (C=O) groups excluding carboxylic acids is 1. The molecular weight excluding hydrogens is 317 g/mol. The lowest BCUT2D eigenvalue weighted by molar-refractivity contribution is 0.252. The highest BCUT2D eigenvalue weighted by Gasteiger charge is 2.08. The number of aromatic nitrogens is 1. The maximum absolute atomic E-state index is 13.6. The minimum Gasteiger partial charge on any atom is -0.361 e. The van der Waals surface area contributed by atoms with Crippen LogP contribution in [0, 0.1) is 5.82 Å². The Labute approximate surface area is 137 Å². The van der Waals surface area contributed by atoms with E-state index < -0.39 is 0 Å². The van der Waals surface area contributed by atoms with Crippen LogP contribution in [0.4, 0.5) is 14.9 Å². The van der Waals surface area contributed by atoms with E-state index in [4.69, 9.17) is 11.6 Å². The van der Waals surface area contributed by atoms with Crippen molar-refractivity contribution in [2.45, 2.75) is 6.42 Å². The van der Waals surface area contributed by atoms with Crippen molar-refractivity contribution in [3.05, 3.63) is 65.1 Å². The average molecular weight is 332 g/mol. The summed E-state index contributed by atoms with van der Waals surface area (Å²) in [6.45, 7) is 0.289. The molecule has 0 saturated carbocycles. The Morgan fingerprint density at radius 1 is 1.22 bits per heavy atom. The first kappa shape index (κ1) is 15.4. The van der Waals surface area contributed by atoms with E-state index in [9.17, 15) is 9.18 Å². The van der Waals surface area contributed by atoms with Gasteiger partial charge in [-0.15, -0.1) is 0 Å². The highest BCUT2D eigenvalue weighted by molar-refractivity contribution is 6.31. The third-order valence-electron chi connectivity index (χ3n) is 3.54. The van der Waals surface area contributed by atoms with Crippen molar-refractivity contribution in [3.8, 4) is 0 Å². The third kappa shape index (κ3) is 3.63. The van der Waals surface area contributed by atoms with Crippen LogP contribution in [-0.4, -0.2) is 17.6 Å². The van der Waals surface area contributed by atoms with Gasteiger partial charge in [0.25, 0.3) is 0 Å². The Balaban J connectivity index is 1.55. The van der Waals surface area contributed by atoms with Crippen molar-refractivity contribution in [3.63, 3.8) is 0 Å². The van der Waals surface area contributed by atoms with Gasteiger partial charge < -0.3 is 15.6 Å². The van der Waals surface area contributed by atoms with Crippen molar-refractivity contribution in [1.82, 2.24) is 10.3 Å². The van der Waals surface area contributed by atoms with Crippen LogP contribution in [0.2, 0.25) is 5.02 Å². The van der Waals surface area contributed by atoms with Gasteiger partial charge in [-0.3, -0.25) is 0 Å². The molecule has 3 N–H and O–H groups in total. The fourth-order valence-corrected chi connectivity index (χ4v) is 2.63. The summed E-state index contributed by atoms with van der Waals surface area (Å²) in [5.74, 6) is -0.364. The lowest BCUT2D eigenvalue weighted by Gasteiger charge is -2.09. The number of urea groups is 1. The van der Waals surface area contributed by atoms with Gasteiger partial charge in [-0.2, -0.15) is 0 Å². The van der Waals surface area contributed by atoms with Gasteiger partial charge in [0, 0.05) is 34.5 Å². The number of H-pyrrole nitrogens is 1. The van der Waals surface area contributed by atoms with Crippen molar-refractivity contribution < 1.29 is 9.18 Å². The van der Waals surface area contributed by atoms with Gasteiger partial charge in [0.05, 0.1) is 0 Å². The fourth-order valence-electron chi connectivity index (χ4n) is 2.37. The normalized spacial score (nSPS) is 10.7. The number of nitrogens with one attached hydrogen (secondary N) is 3. The molecule has 0 atom stereocenters. The van der Waals surface area contributed by atoms with Crippen molar-refractivity contribution in [2.75, 3.05) is 11.9 Å². The van der Waals surface area contributed by atoms with Crippen LogP contribution in [0.5, 0.6) is 0 Å². The molecule has 118 valence electrons. The monoisotopic (exact) mass is 331 g/mol. The number of halogens is 2. The highest BCUT2D eigenvalue weighted by Crippen LogP contribution is 2.19. The van der Waals surface area contributed by atoms with Crippen LogP contribution in [0.25, 0.3) is 10.9 Å². The molecule has 1 aromatic heterocycles. The van der Waals surface area contributed by atoms with E-state index in [1.165, 1.54) is 6.07 Å². The highest BCUT2D eigenvalue weighted by atomic mass is 35.5. The number of amides is 2. The molecule has 0 fully saturated rings. The molecule has 3 aromatic rings. The van der Waals surface area contributed by atoms with Crippen molar-refractivity contribution in [2.24, 2.45) is 0 Å². The number of hydrogen-bond donors (Lipinski definition) is 3. The molecule has 0 saturated heterocycles. The molecule has 0 aliphatic heterocycles. The van der Waals surface area contributed by atoms with Gasteiger partial charge in [-0.1, -0.05) is 23.7 Å². The topological polar surface area (TPSA) is 56.9 Å². The van der Waals surface area contributed by atoms with E-state index in [1.54, 1.807) is 12.1 Å². The SMILES string of the molecule is O=C(NCCc1c(F)cccc1Cl)Nc1ccc2cc[nH]c2c1. The predicted molar refractivity (Wildman–Crippen MR) is 90.4 cm³/mol. The average Bonchev–Trinajstić information content (AvgIpc) is 2.98. The Kier molecular flexibility index (Phi) is 4.48. The largest absolute Gasteiger partial charge is 0.361 e. The van der Waals surface area contributed by atoms with Gasteiger partial charge in [-0.05, 0) is 42.1 Å². The Bertz CT molecular complexity index is 826. The summed E-state index contributed by atoms with van der Waals surface area (Å²) in [6.07, 6.45) is 2.17. The van der Waals surface area contributed by atoms with Gasteiger partial charge >= 0.3 is 6.03 Å². The van der Waals surface area contributed by atoms with Crippen LogP contribution >= 0.6 is 11.6 Å². The van der Waals surface area contributed by atoms with Gasteiger partial charge in [0.15, 0.2) is 0 Å².